The van der Waals surface area contributed by atoms with Gasteiger partial charge in [0.05, 0.1) is 11.4 Å². The van der Waals surface area contributed by atoms with Crippen LogP contribution < -0.4 is 5.32 Å². The Kier molecular flexibility index (Phi) is 3.94. The Labute approximate surface area is 123 Å². The molecule has 1 aliphatic heterocycles. The van der Waals surface area contributed by atoms with Gasteiger partial charge in [-0.25, -0.2) is 12.8 Å². The number of imide groups is 1. The highest BCUT2D eigenvalue weighted by Crippen LogP contribution is 2.27. The van der Waals surface area contributed by atoms with Crippen molar-refractivity contribution in [1.29, 1.82) is 0 Å². The second-order valence-electron chi connectivity index (χ2n) is 4.21. The summed E-state index contributed by atoms with van der Waals surface area (Å²) in [6, 6.07) is 2.06. The van der Waals surface area contributed by atoms with Crippen LogP contribution in [0.15, 0.2) is 27.6 Å². The topological polar surface area (TPSA) is 83.6 Å². The lowest BCUT2D eigenvalue weighted by atomic mass is 10.2. The van der Waals surface area contributed by atoms with E-state index in [4.69, 9.17) is 0 Å². The van der Waals surface area contributed by atoms with E-state index in [1.807, 2.05) is 0 Å². The molecule has 1 fully saturated rings. The first-order valence-corrected chi connectivity index (χ1v) is 7.77. The second-order valence-corrected chi connectivity index (χ2v) is 6.93. The molecule has 6 nitrogen and oxygen atoms in total. The van der Waals surface area contributed by atoms with E-state index in [2.05, 4.69) is 21.2 Å². The Morgan fingerprint density at radius 1 is 1.40 bits per heavy atom. The standard InChI is InChI=1S/C11H10BrFN2O4S/c1-6-11(17)14-10(16)5-15(6)20(18,19)9-3-2-7(13)4-8(9)12/h2-4,6H,5H2,1H3,(H,14,16,17). The van der Waals surface area contributed by atoms with Crippen molar-refractivity contribution in [3.63, 3.8) is 0 Å². The lowest BCUT2D eigenvalue weighted by Crippen LogP contribution is -2.58. The minimum Gasteiger partial charge on any atom is -0.294 e. The molecule has 1 unspecified atom stereocenters. The van der Waals surface area contributed by atoms with Crippen LogP contribution in [0.5, 0.6) is 0 Å². The van der Waals surface area contributed by atoms with Crippen molar-refractivity contribution in [2.45, 2.75) is 17.9 Å². The fourth-order valence-corrected chi connectivity index (χ4v) is 4.36. The van der Waals surface area contributed by atoms with Gasteiger partial charge in [-0.05, 0) is 41.1 Å². The fraction of sp³-hybridized carbons (Fsp3) is 0.273. The van der Waals surface area contributed by atoms with Gasteiger partial charge in [0.25, 0.3) is 0 Å². The summed E-state index contributed by atoms with van der Waals surface area (Å²) in [5.41, 5.74) is 0. The molecule has 0 aromatic heterocycles. The summed E-state index contributed by atoms with van der Waals surface area (Å²) < 4.78 is 38.8. The molecular formula is C11H10BrFN2O4S. The molecule has 1 aromatic rings. The molecule has 1 heterocycles. The fourth-order valence-electron chi connectivity index (χ4n) is 1.79. The third-order valence-electron chi connectivity index (χ3n) is 2.85. The van der Waals surface area contributed by atoms with E-state index in [0.717, 1.165) is 22.5 Å². The van der Waals surface area contributed by atoms with Gasteiger partial charge in [0.2, 0.25) is 21.8 Å². The van der Waals surface area contributed by atoms with Crippen molar-refractivity contribution in [2.75, 3.05) is 6.54 Å². The zero-order valence-corrected chi connectivity index (χ0v) is 12.7. The Morgan fingerprint density at radius 3 is 2.65 bits per heavy atom. The summed E-state index contributed by atoms with van der Waals surface area (Å²) in [6.45, 7) is 0.913. The Morgan fingerprint density at radius 2 is 2.05 bits per heavy atom. The van der Waals surface area contributed by atoms with Crippen LogP contribution >= 0.6 is 15.9 Å². The van der Waals surface area contributed by atoms with Gasteiger partial charge in [-0.2, -0.15) is 4.31 Å². The van der Waals surface area contributed by atoms with Crippen LogP contribution in [-0.2, 0) is 19.6 Å². The van der Waals surface area contributed by atoms with Crippen LogP contribution in [0.25, 0.3) is 0 Å². The summed E-state index contributed by atoms with van der Waals surface area (Å²) in [5.74, 6) is -1.99. The number of hydrogen-bond donors (Lipinski definition) is 1. The van der Waals surface area contributed by atoms with Crippen LogP contribution in [0.3, 0.4) is 0 Å². The Balaban J connectivity index is 2.48. The number of amides is 2. The number of hydrogen-bond acceptors (Lipinski definition) is 4. The van der Waals surface area contributed by atoms with Crippen molar-refractivity contribution in [1.82, 2.24) is 9.62 Å². The predicted molar refractivity (Wildman–Crippen MR) is 70.6 cm³/mol. The first-order chi connectivity index (χ1) is 9.23. The number of halogens is 2. The first-order valence-electron chi connectivity index (χ1n) is 5.54. The highest BCUT2D eigenvalue weighted by Gasteiger charge is 2.39. The summed E-state index contributed by atoms with van der Waals surface area (Å²) in [4.78, 5) is 22.7. The van der Waals surface area contributed by atoms with E-state index in [0.29, 0.717) is 0 Å². The monoisotopic (exact) mass is 364 g/mol. The minimum absolute atomic E-state index is 0.0307. The lowest BCUT2D eigenvalue weighted by molar-refractivity contribution is -0.136. The molecule has 0 radical (unpaired) electrons. The van der Waals surface area contributed by atoms with Crippen LogP contribution in [0.4, 0.5) is 4.39 Å². The van der Waals surface area contributed by atoms with E-state index in [-0.39, 0.29) is 9.37 Å². The van der Waals surface area contributed by atoms with Gasteiger partial charge in [-0.15, -0.1) is 0 Å². The summed E-state index contributed by atoms with van der Waals surface area (Å²) in [7, 11) is -4.09. The van der Waals surface area contributed by atoms with Crippen LogP contribution in [0.2, 0.25) is 0 Å². The largest absolute Gasteiger partial charge is 0.294 e. The molecule has 1 saturated heterocycles. The first kappa shape index (κ1) is 15.1. The van der Waals surface area contributed by atoms with E-state index >= 15 is 0 Å². The Bertz CT molecular complexity index is 692. The molecule has 1 aliphatic rings. The van der Waals surface area contributed by atoms with Crippen LogP contribution in [-0.4, -0.2) is 37.1 Å². The van der Waals surface area contributed by atoms with Crippen molar-refractivity contribution in [3.8, 4) is 0 Å². The van der Waals surface area contributed by atoms with Crippen LogP contribution in [0.1, 0.15) is 6.92 Å². The number of carbonyl (C=O) groups excluding carboxylic acids is 2. The number of rotatable bonds is 2. The quantitative estimate of drug-likeness (QED) is 0.779. The van der Waals surface area contributed by atoms with E-state index in [1.54, 1.807) is 0 Å². The van der Waals surface area contributed by atoms with Gasteiger partial charge in [0.15, 0.2) is 0 Å². The maximum Gasteiger partial charge on any atom is 0.245 e. The molecule has 0 aliphatic carbocycles. The minimum atomic E-state index is -4.09. The predicted octanol–water partition coefficient (Wildman–Crippen LogP) is 0.624. The maximum absolute atomic E-state index is 13.0. The van der Waals surface area contributed by atoms with Crippen molar-refractivity contribution in [3.05, 3.63) is 28.5 Å². The average molecular weight is 365 g/mol. The van der Waals surface area contributed by atoms with Crippen molar-refractivity contribution in [2.24, 2.45) is 0 Å². The molecule has 1 aromatic carbocycles. The normalized spacial score (nSPS) is 20.9. The number of nitrogens with zero attached hydrogens (tertiary/aromatic N) is 1. The number of carbonyl (C=O) groups is 2. The van der Waals surface area contributed by atoms with E-state index in [9.17, 15) is 22.4 Å². The summed E-state index contributed by atoms with van der Waals surface area (Å²) >= 11 is 2.97. The van der Waals surface area contributed by atoms with E-state index in [1.165, 1.54) is 6.92 Å². The lowest BCUT2D eigenvalue weighted by Gasteiger charge is -2.30. The third-order valence-corrected chi connectivity index (χ3v) is 5.75. The smallest absolute Gasteiger partial charge is 0.245 e. The van der Waals surface area contributed by atoms with Gasteiger partial charge in [-0.1, -0.05) is 0 Å². The molecule has 9 heteroatoms. The molecule has 1 atom stereocenters. The SMILES string of the molecule is CC1C(=O)NC(=O)CN1S(=O)(=O)c1ccc(F)cc1Br. The van der Waals surface area contributed by atoms with Gasteiger partial charge >= 0.3 is 0 Å². The van der Waals surface area contributed by atoms with Crippen LogP contribution in [0, 0.1) is 5.82 Å². The average Bonchev–Trinajstić information content (AvgIpc) is 2.33. The molecular weight excluding hydrogens is 355 g/mol. The van der Waals surface area contributed by atoms with Gasteiger partial charge in [0, 0.05) is 4.47 Å². The zero-order valence-electron chi connectivity index (χ0n) is 10.3. The molecule has 0 bridgehead atoms. The molecule has 0 spiro atoms. The highest BCUT2D eigenvalue weighted by atomic mass is 79.9. The third kappa shape index (κ3) is 2.60. The Hall–Kier alpha value is -1.32. The summed E-state index contributed by atoms with van der Waals surface area (Å²) in [6.07, 6.45) is 0. The zero-order chi connectivity index (χ0) is 15.1. The number of sulfonamides is 1. The van der Waals surface area contributed by atoms with Gasteiger partial charge in [-0.3, -0.25) is 14.9 Å². The maximum atomic E-state index is 13.0. The molecule has 108 valence electrons. The molecule has 1 N–H and O–H groups in total. The molecule has 2 rings (SSSR count). The van der Waals surface area contributed by atoms with Gasteiger partial charge < -0.3 is 0 Å². The van der Waals surface area contributed by atoms with Crippen molar-refractivity contribution >= 4 is 37.8 Å². The number of piperazine rings is 1. The molecule has 0 saturated carbocycles. The summed E-state index contributed by atoms with van der Waals surface area (Å²) in [5, 5.41) is 2.05. The highest BCUT2D eigenvalue weighted by molar-refractivity contribution is 9.10. The van der Waals surface area contributed by atoms with Gasteiger partial charge in [0.1, 0.15) is 11.9 Å². The van der Waals surface area contributed by atoms with Crippen molar-refractivity contribution < 1.29 is 22.4 Å². The molecule has 2 amide bonds. The number of nitrogens with one attached hydrogen (secondary N) is 1. The molecule has 20 heavy (non-hydrogen) atoms. The van der Waals surface area contributed by atoms with E-state index < -0.39 is 40.2 Å². The second kappa shape index (κ2) is 5.23. The number of benzene rings is 1.